The molecule has 2 aromatic rings. The fourth-order valence-electron chi connectivity index (χ4n) is 2.78. The van der Waals surface area contributed by atoms with Gasteiger partial charge in [0.25, 0.3) is 17.7 Å². The van der Waals surface area contributed by atoms with Crippen LogP contribution in [0.2, 0.25) is 0 Å². The summed E-state index contributed by atoms with van der Waals surface area (Å²) < 4.78 is 10.1. The van der Waals surface area contributed by atoms with Gasteiger partial charge in [-0.1, -0.05) is 19.9 Å². The Morgan fingerprint density at radius 2 is 1.87 bits per heavy atom. The number of furan rings is 1. The molecular formula is C22H25N3O6. The van der Waals surface area contributed by atoms with Crippen LogP contribution in [0.15, 0.2) is 47.1 Å². The third kappa shape index (κ3) is 6.43. The summed E-state index contributed by atoms with van der Waals surface area (Å²) in [5.74, 6) is -2.24. The molecule has 1 heterocycles. The van der Waals surface area contributed by atoms with Crippen LogP contribution in [0.3, 0.4) is 0 Å². The first kappa shape index (κ1) is 22.1. The summed E-state index contributed by atoms with van der Waals surface area (Å²) in [6.07, 6.45) is 3.31. The maximum absolute atomic E-state index is 12.4. The number of ether oxygens (including phenoxy) is 1. The topological polar surface area (TPSA) is 127 Å². The summed E-state index contributed by atoms with van der Waals surface area (Å²) in [7, 11) is 0. The van der Waals surface area contributed by atoms with Crippen LogP contribution in [0.4, 0.5) is 5.69 Å². The van der Waals surface area contributed by atoms with Crippen molar-refractivity contribution in [2.75, 3.05) is 11.9 Å². The van der Waals surface area contributed by atoms with Gasteiger partial charge in [-0.25, -0.2) is 4.79 Å². The molecule has 3 N–H and O–H groups in total. The second-order valence-corrected chi connectivity index (χ2v) is 7.66. The zero-order chi connectivity index (χ0) is 22.4. The van der Waals surface area contributed by atoms with E-state index in [1.165, 1.54) is 12.3 Å². The second-order valence-electron chi connectivity index (χ2n) is 7.66. The van der Waals surface area contributed by atoms with E-state index in [9.17, 15) is 19.2 Å². The zero-order valence-electron chi connectivity index (χ0n) is 17.3. The molecule has 1 fully saturated rings. The molecular weight excluding hydrogens is 402 g/mol. The van der Waals surface area contributed by atoms with Crippen molar-refractivity contribution in [2.45, 2.75) is 38.8 Å². The average Bonchev–Trinajstić information content (AvgIpc) is 3.37. The van der Waals surface area contributed by atoms with Gasteiger partial charge in [0.15, 0.2) is 12.4 Å². The summed E-state index contributed by atoms with van der Waals surface area (Å²) in [5.41, 5.74) is 0.846. The van der Waals surface area contributed by atoms with E-state index in [4.69, 9.17) is 9.15 Å². The van der Waals surface area contributed by atoms with Crippen molar-refractivity contribution >= 4 is 29.4 Å². The predicted octanol–water partition coefficient (Wildman–Crippen LogP) is 2.11. The number of carbonyl (C=O) groups excluding carboxylic acids is 4. The van der Waals surface area contributed by atoms with E-state index in [1.807, 2.05) is 0 Å². The number of hydrogen-bond acceptors (Lipinski definition) is 6. The van der Waals surface area contributed by atoms with Gasteiger partial charge in [-0.05, 0) is 49.1 Å². The third-order valence-corrected chi connectivity index (χ3v) is 4.62. The van der Waals surface area contributed by atoms with E-state index in [2.05, 4.69) is 16.0 Å². The van der Waals surface area contributed by atoms with Crippen LogP contribution in [0, 0.1) is 5.92 Å². The van der Waals surface area contributed by atoms with E-state index in [0.29, 0.717) is 11.3 Å². The van der Waals surface area contributed by atoms with Crippen LogP contribution in [0.5, 0.6) is 0 Å². The third-order valence-electron chi connectivity index (χ3n) is 4.62. The number of benzene rings is 1. The van der Waals surface area contributed by atoms with Crippen LogP contribution in [-0.2, 0) is 14.3 Å². The number of rotatable bonds is 9. The molecule has 0 radical (unpaired) electrons. The molecule has 0 spiro atoms. The fraction of sp³-hybridized carbons (Fsp3) is 0.364. The van der Waals surface area contributed by atoms with Gasteiger partial charge in [0, 0.05) is 17.3 Å². The van der Waals surface area contributed by atoms with Gasteiger partial charge in [-0.15, -0.1) is 0 Å². The molecule has 1 atom stereocenters. The van der Waals surface area contributed by atoms with E-state index < -0.39 is 30.4 Å². The maximum atomic E-state index is 12.4. The van der Waals surface area contributed by atoms with Crippen molar-refractivity contribution in [3.63, 3.8) is 0 Å². The van der Waals surface area contributed by atoms with Crippen LogP contribution in [0.1, 0.15) is 47.6 Å². The Balaban J connectivity index is 1.51. The van der Waals surface area contributed by atoms with Crippen LogP contribution in [-0.4, -0.2) is 42.4 Å². The lowest BCUT2D eigenvalue weighted by atomic mass is 10.0. The van der Waals surface area contributed by atoms with E-state index >= 15 is 0 Å². The highest BCUT2D eigenvalue weighted by molar-refractivity contribution is 5.98. The van der Waals surface area contributed by atoms with Crippen LogP contribution < -0.4 is 16.0 Å². The zero-order valence-corrected chi connectivity index (χ0v) is 17.3. The minimum Gasteiger partial charge on any atom is -0.459 e. The Morgan fingerprint density at radius 1 is 1.10 bits per heavy atom. The van der Waals surface area contributed by atoms with Crippen LogP contribution >= 0.6 is 0 Å². The van der Waals surface area contributed by atoms with Crippen LogP contribution in [0.25, 0.3) is 0 Å². The first-order valence-electron chi connectivity index (χ1n) is 10.0. The normalized spacial score (nSPS) is 13.9. The number of carbonyl (C=O) groups is 4. The minimum absolute atomic E-state index is 0.0711. The molecule has 1 aromatic carbocycles. The molecule has 0 saturated heterocycles. The minimum atomic E-state index is -0.945. The molecule has 31 heavy (non-hydrogen) atoms. The standard InChI is InChI=1S/C22H25N3O6/c1-13(2)19(25-21(28)17-7-4-10-30-17)22(29)31-12-18(26)23-16-6-3-5-14(11-16)20(27)24-15-8-9-15/h3-7,10-11,13,15,19H,8-9,12H2,1-2H3,(H,23,26)(H,24,27)(H,25,28)/t19-/m0/s1. The van der Waals surface area contributed by atoms with Crippen molar-refractivity contribution in [3.8, 4) is 0 Å². The lowest BCUT2D eigenvalue weighted by molar-refractivity contribution is -0.150. The summed E-state index contributed by atoms with van der Waals surface area (Å²) in [5, 5.41) is 8.02. The molecule has 1 saturated carbocycles. The summed E-state index contributed by atoms with van der Waals surface area (Å²) >= 11 is 0. The van der Waals surface area contributed by atoms with Gasteiger partial charge in [-0.2, -0.15) is 0 Å². The average molecular weight is 427 g/mol. The first-order chi connectivity index (χ1) is 14.8. The van der Waals surface area contributed by atoms with E-state index in [1.54, 1.807) is 44.2 Å². The SMILES string of the molecule is CC(C)[C@H](NC(=O)c1ccco1)C(=O)OCC(=O)Nc1cccc(C(=O)NC2CC2)c1. The number of hydrogen-bond donors (Lipinski definition) is 3. The largest absolute Gasteiger partial charge is 0.459 e. The maximum Gasteiger partial charge on any atom is 0.329 e. The van der Waals surface area contributed by atoms with Gasteiger partial charge in [-0.3, -0.25) is 14.4 Å². The lowest BCUT2D eigenvalue weighted by Crippen LogP contribution is -2.45. The van der Waals surface area contributed by atoms with Gasteiger partial charge in [0.2, 0.25) is 0 Å². The van der Waals surface area contributed by atoms with E-state index in [0.717, 1.165) is 12.8 Å². The summed E-state index contributed by atoms with van der Waals surface area (Å²) in [6, 6.07) is 8.82. The molecule has 9 nitrogen and oxygen atoms in total. The molecule has 164 valence electrons. The van der Waals surface area contributed by atoms with Crippen molar-refractivity contribution in [2.24, 2.45) is 5.92 Å². The lowest BCUT2D eigenvalue weighted by Gasteiger charge is -2.20. The Bertz CT molecular complexity index is 950. The molecule has 0 bridgehead atoms. The Labute approximate surface area is 179 Å². The van der Waals surface area contributed by atoms with Gasteiger partial charge in [0.05, 0.1) is 6.26 Å². The predicted molar refractivity (Wildman–Crippen MR) is 111 cm³/mol. The fourth-order valence-corrected chi connectivity index (χ4v) is 2.78. The first-order valence-corrected chi connectivity index (χ1v) is 10.0. The highest BCUT2D eigenvalue weighted by Gasteiger charge is 2.27. The second kappa shape index (κ2) is 9.92. The Kier molecular flexibility index (Phi) is 7.07. The quantitative estimate of drug-likeness (QED) is 0.526. The molecule has 0 aliphatic heterocycles. The molecule has 1 aliphatic carbocycles. The van der Waals surface area contributed by atoms with Crippen molar-refractivity contribution < 1.29 is 28.3 Å². The Hall–Kier alpha value is -3.62. The van der Waals surface area contributed by atoms with Crippen molar-refractivity contribution in [3.05, 3.63) is 54.0 Å². The van der Waals surface area contributed by atoms with Gasteiger partial charge >= 0.3 is 5.97 Å². The summed E-state index contributed by atoms with van der Waals surface area (Å²) in [4.78, 5) is 48.9. The highest BCUT2D eigenvalue weighted by atomic mass is 16.5. The molecule has 1 aromatic heterocycles. The number of anilines is 1. The van der Waals surface area contributed by atoms with Gasteiger partial charge < -0.3 is 25.1 Å². The molecule has 0 unspecified atom stereocenters. The molecule has 3 amide bonds. The number of amides is 3. The molecule has 3 rings (SSSR count). The smallest absolute Gasteiger partial charge is 0.329 e. The monoisotopic (exact) mass is 427 g/mol. The Morgan fingerprint density at radius 3 is 2.52 bits per heavy atom. The highest BCUT2D eigenvalue weighted by Crippen LogP contribution is 2.20. The van der Waals surface area contributed by atoms with E-state index in [-0.39, 0.29) is 23.6 Å². The molecule has 9 heteroatoms. The number of nitrogens with one attached hydrogen (secondary N) is 3. The van der Waals surface area contributed by atoms with Crippen molar-refractivity contribution in [1.29, 1.82) is 0 Å². The van der Waals surface area contributed by atoms with Crippen molar-refractivity contribution in [1.82, 2.24) is 10.6 Å². The van der Waals surface area contributed by atoms with Gasteiger partial charge in [0.1, 0.15) is 6.04 Å². The molecule has 1 aliphatic rings. The number of esters is 1. The summed E-state index contributed by atoms with van der Waals surface area (Å²) in [6.45, 7) is 2.95.